The zero-order valence-electron chi connectivity index (χ0n) is 20.4. The minimum Gasteiger partial charge on any atom is -0.508 e. The van der Waals surface area contributed by atoms with Gasteiger partial charge < -0.3 is 31.1 Å². The molecule has 0 aromatic heterocycles. The van der Waals surface area contributed by atoms with Crippen molar-refractivity contribution in [1.82, 2.24) is 10.6 Å². The summed E-state index contributed by atoms with van der Waals surface area (Å²) >= 11 is 0. The third-order valence-electron chi connectivity index (χ3n) is 5.92. The first kappa shape index (κ1) is 26.9. The first-order chi connectivity index (χ1) is 17.1. The van der Waals surface area contributed by atoms with E-state index in [-0.39, 0.29) is 36.9 Å². The number of hydrogen-bond acceptors (Lipinski definition) is 6. The van der Waals surface area contributed by atoms with Crippen molar-refractivity contribution in [2.24, 2.45) is 0 Å². The molecule has 1 amide bonds. The molecule has 3 aromatic carbocycles. The molecule has 0 radical (unpaired) electrons. The zero-order chi connectivity index (χ0) is 26.3. The fourth-order valence-corrected chi connectivity index (χ4v) is 3.88. The number of benzene rings is 3. The number of carboxylic acid groups (broad SMARTS) is 1. The second-order valence-electron chi connectivity index (χ2n) is 9.39. The van der Waals surface area contributed by atoms with Gasteiger partial charge in [0.25, 0.3) is 5.91 Å². The first-order valence-corrected chi connectivity index (χ1v) is 11.6. The molecule has 0 aliphatic rings. The highest BCUT2D eigenvalue weighted by atomic mass is 16.4. The molecule has 0 fully saturated rings. The number of rotatable bonds is 11. The van der Waals surface area contributed by atoms with E-state index in [2.05, 4.69) is 10.6 Å². The Morgan fingerprint density at radius 2 is 1.67 bits per heavy atom. The van der Waals surface area contributed by atoms with E-state index in [9.17, 15) is 24.9 Å². The predicted molar refractivity (Wildman–Crippen MR) is 136 cm³/mol. The lowest BCUT2D eigenvalue weighted by molar-refractivity contribution is 0.0696. The first-order valence-electron chi connectivity index (χ1n) is 11.6. The molecule has 0 saturated carbocycles. The predicted octanol–water partition coefficient (Wildman–Crippen LogP) is 3.16. The van der Waals surface area contributed by atoms with Crippen LogP contribution in [0.5, 0.6) is 5.75 Å². The minimum atomic E-state index is -0.995. The number of aromatic hydroxyl groups is 1. The van der Waals surface area contributed by atoms with Crippen LogP contribution in [0.2, 0.25) is 0 Å². The van der Waals surface area contributed by atoms with Gasteiger partial charge in [-0.1, -0.05) is 30.3 Å². The summed E-state index contributed by atoms with van der Waals surface area (Å²) in [6.07, 6.45) is -0.216. The lowest BCUT2D eigenvalue weighted by Gasteiger charge is -2.28. The molecule has 3 rings (SSSR count). The summed E-state index contributed by atoms with van der Waals surface area (Å²) in [5.74, 6) is -1.24. The van der Waals surface area contributed by atoms with Crippen molar-refractivity contribution < 1.29 is 30.0 Å². The Labute approximate surface area is 210 Å². The highest BCUT2D eigenvalue weighted by Gasteiger charge is 2.21. The van der Waals surface area contributed by atoms with Gasteiger partial charge in [0.15, 0.2) is 0 Å². The number of phenols is 1. The maximum atomic E-state index is 12.7. The van der Waals surface area contributed by atoms with E-state index >= 15 is 0 Å². The Kier molecular flexibility index (Phi) is 8.82. The molecule has 190 valence electrons. The van der Waals surface area contributed by atoms with Crippen LogP contribution in [0.1, 0.15) is 62.9 Å². The van der Waals surface area contributed by atoms with Crippen molar-refractivity contribution in [2.45, 2.75) is 45.1 Å². The number of carboxylic acids is 1. The van der Waals surface area contributed by atoms with Gasteiger partial charge >= 0.3 is 5.97 Å². The number of nitrogens with one attached hydrogen (secondary N) is 2. The molecular formula is C28H32N2O6. The van der Waals surface area contributed by atoms with Crippen LogP contribution in [-0.4, -0.2) is 44.4 Å². The highest BCUT2D eigenvalue weighted by molar-refractivity contribution is 5.94. The number of aromatic carboxylic acids is 1. The van der Waals surface area contributed by atoms with E-state index in [1.54, 1.807) is 30.3 Å². The van der Waals surface area contributed by atoms with Crippen molar-refractivity contribution in [3.63, 3.8) is 0 Å². The van der Waals surface area contributed by atoms with Gasteiger partial charge in [-0.05, 0) is 73.4 Å². The van der Waals surface area contributed by atoms with Gasteiger partial charge in [-0.15, -0.1) is 0 Å². The van der Waals surface area contributed by atoms with Crippen LogP contribution in [-0.2, 0) is 19.6 Å². The molecule has 0 spiro atoms. The molecule has 3 aromatic rings. The van der Waals surface area contributed by atoms with Crippen LogP contribution < -0.4 is 10.6 Å². The fourth-order valence-electron chi connectivity index (χ4n) is 3.88. The largest absolute Gasteiger partial charge is 0.508 e. The SMILES string of the molecule is CC(C)(Cc1cccc(C(=O)NCc2ccc(C(=O)O)cc2)c1)NC[C@H](O)c1ccc(O)c(CO)c1. The molecule has 0 unspecified atom stereocenters. The van der Waals surface area contributed by atoms with Crippen LogP contribution in [0.15, 0.2) is 66.7 Å². The molecule has 0 heterocycles. The zero-order valence-corrected chi connectivity index (χ0v) is 20.4. The average Bonchev–Trinajstić information content (AvgIpc) is 2.86. The molecule has 0 aliphatic carbocycles. The van der Waals surface area contributed by atoms with E-state index in [1.165, 1.54) is 18.2 Å². The lowest BCUT2D eigenvalue weighted by atomic mass is 9.93. The van der Waals surface area contributed by atoms with Crippen molar-refractivity contribution in [3.8, 4) is 5.75 Å². The summed E-state index contributed by atoms with van der Waals surface area (Å²) in [5, 5.41) is 44.8. The summed E-state index contributed by atoms with van der Waals surface area (Å²) in [6, 6.07) is 18.3. The Morgan fingerprint density at radius 3 is 2.33 bits per heavy atom. The average molecular weight is 493 g/mol. The maximum Gasteiger partial charge on any atom is 0.335 e. The fraction of sp³-hybridized carbons (Fsp3) is 0.286. The van der Waals surface area contributed by atoms with Gasteiger partial charge in [-0.2, -0.15) is 0 Å². The maximum absolute atomic E-state index is 12.7. The molecule has 6 N–H and O–H groups in total. The number of β-amino-alcohol motifs (C(OH)–C–C–N with tert-alkyl or cyclic N) is 1. The molecule has 0 bridgehead atoms. The Bertz CT molecular complexity index is 1210. The molecule has 1 atom stereocenters. The number of hydrogen-bond donors (Lipinski definition) is 6. The molecule has 0 saturated heterocycles. The van der Waals surface area contributed by atoms with E-state index in [0.717, 1.165) is 11.1 Å². The third-order valence-corrected chi connectivity index (χ3v) is 5.92. The Balaban J connectivity index is 1.56. The summed E-state index contributed by atoms with van der Waals surface area (Å²) < 4.78 is 0. The summed E-state index contributed by atoms with van der Waals surface area (Å²) in [4.78, 5) is 23.6. The van der Waals surface area contributed by atoms with Crippen LogP contribution >= 0.6 is 0 Å². The number of aliphatic hydroxyl groups excluding tert-OH is 2. The van der Waals surface area contributed by atoms with Crippen molar-refractivity contribution in [3.05, 3.63) is 100 Å². The number of aliphatic hydroxyl groups is 2. The second-order valence-corrected chi connectivity index (χ2v) is 9.39. The minimum absolute atomic E-state index is 0.0123. The molecular weight excluding hydrogens is 460 g/mol. The van der Waals surface area contributed by atoms with Crippen LogP contribution in [0.4, 0.5) is 0 Å². The Morgan fingerprint density at radius 1 is 0.944 bits per heavy atom. The molecule has 8 heteroatoms. The molecule has 36 heavy (non-hydrogen) atoms. The number of carbonyl (C=O) groups is 2. The third kappa shape index (κ3) is 7.39. The van der Waals surface area contributed by atoms with E-state index in [1.807, 2.05) is 32.0 Å². The van der Waals surface area contributed by atoms with Crippen molar-refractivity contribution in [2.75, 3.05) is 6.54 Å². The van der Waals surface area contributed by atoms with Crippen LogP contribution in [0.3, 0.4) is 0 Å². The monoisotopic (exact) mass is 492 g/mol. The van der Waals surface area contributed by atoms with Gasteiger partial charge in [0.2, 0.25) is 0 Å². The van der Waals surface area contributed by atoms with E-state index < -0.39 is 17.6 Å². The number of carbonyl (C=O) groups excluding carboxylic acids is 1. The van der Waals surface area contributed by atoms with Crippen LogP contribution in [0, 0.1) is 0 Å². The summed E-state index contributed by atoms with van der Waals surface area (Å²) in [7, 11) is 0. The van der Waals surface area contributed by atoms with Gasteiger partial charge in [0.1, 0.15) is 5.75 Å². The molecule has 0 aliphatic heterocycles. The molecule has 8 nitrogen and oxygen atoms in total. The van der Waals surface area contributed by atoms with Gasteiger partial charge in [0, 0.05) is 29.8 Å². The normalized spacial score (nSPS) is 12.2. The second kappa shape index (κ2) is 11.8. The van der Waals surface area contributed by atoms with Gasteiger partial charge in [-0.25, -0.2) is 4.79 Å². The smallest absolute Gasteiger partial charge is 0.335 e. The van der Waals surface area contributed by atoms with E-state index in [4.69, 9.17) is 5.11 Å². The van der Waals surface area contributed by atoms with Gasteiger partial charge in [0.05, 0.1) is 18.3 Å². The lowest BCUT2D eigenvalue weighted by Crippen LogP contribution is -2.43. The van der Waals surface area contributed by atoms with E-state index in [0.29, 0.717) is 23.1 Å². The number of amides is 1. The highest BCUT2D eigenvalue weighted by Crippen LogP contribution is 2.23. The standard InChI is InChI=1S/C28H32N2O6/c1-28(2,30-16-25(33)21-10-11-24(32)23(13-21)17-31)14-19-4-3-5-22(12-19)26(34)29-15-18-6-8-20(9-7-18)27(35)36/h3-13,25,30-33H,14-17H2,1-2H3,(H,29,34)(H,35,36)/t25-/m0/s1. The van der Waals surface area contributed by atoms with Crippen molar-refractivity contribution >= 4 is 11.9 Å². The quantitative estimate of drug-likeness (QED) is 0.242. The van der Waals surface area contributed by atoms with Crippen molar-refractivity contribution in [1.29, 1.82) is 0 Å². The van der Waals surface area contributed by atoms with Gasteiger partial charge in [-0.3, -0.25) is 4.79 Å². The van der Waals surface area contributed by atoms with Crippen LogP contribution in [0.25, 0.3) is 0 Å². The summed E-state index contributed by atoms with van der Waals surface area (Å²) in [5.41, 5.74) is 3.03. The summed E-state index contributed by atoms with van der Waals surface area (Å²) in [6.45, 7) is 4.24. The topological polar surface area (TPSA) is 139 Å². The Hall–Kier alpha value is -3.72.